The molecule has 21 heavy (non-hydrogen) atoms. The molecule has 0 atom stereocenters. The van der Waals surface area contributed by atoms with Gasteiger partial charge in [0.25, 0.3) is 0 Å². The lowest BCUT2D eigenvalue weighted by Crippen LogP contribution is -2.34. The first kappa shape index (κ1) is 15.5. The number of rotatable bonds is 6. The third-order valence-corrected chi connectivity index (χ3v) is 5.09. The maximum absolute atomic E-state index is 12.2. The van der Waals surface area contributed by atoms with Crippen molar-refractivity contribution in [1.82, 2.24) is 4.72 Å². The molecule has 0 aromatic heterocycles. The van der Waals surface area contributed by atoms with E-state index in [-0.39, 0.29) is 17.0 Å². The van der Waals surface area contributed by atoms with E-state index in [4.69, 9.17) is 10.8 Å². The summed E-state index contributed by atoms with van der Waals surface area (Å²) in [7, 11) is -3.88. The SMILES string of the molecule is Cc1ccc(S(=O)(=O)NCC2(C(=O)O)CC2)cc1C(N)=O. The fourth-order valence-corrected chi connectivity index (χ4v) is 3.12. The lowest BCUT2D eigenvalue weighted by atomic mass is 10.1. The van der Waals surface area contributed by atoms with E-state index < -0.39 is 27.3 Å². The first-order valence-corrected chi connectivity index (χ1v) is 7.80. The number of sulfonamides is 1. The molecule has 7 nitrogen and oxygen atoms in total. The van der Waals surface area contributed by atoms with Crippen LogP contribution >= 0.6 is 0 Å². The minimum absolute atomic E-state index is 0.108. The second-order valence-corrected chi connectivity index (χ2v) is 7.02. The molecule has 1 aliphatic carbocycles. The van der Waals surface area contributed by atoms with Crippen LogP contribution in [0.3, 0.4) is 0 Å². The molecule has 0 heterocycles. The van der Waals surface area contributed by atoms with Crippen LogP contribution in [0.25, 0.3) is 0 Å². The molecule has 1 amide bonds. The van der Waals surface area contributed by atoms with E-state index in [1.165, 1.54) is 18.2 Å². The van der Waals surface area contributed by atoms with E-state index >= 15 is 0 Å². The summed E-state index contributed by atoms with van der Waals surface area (Å²) >= 11 is 0. The fraction of sp³-hybridized carbons (Fsp3) is 0.385. The number of hydrogen-bond acceptors (Lipinski definition) is 4. The van der Waals surface area contributed by atoms with E-state index in [9.17, 15) is 18.0 Å². The van der Waals surface area contributed by atoms with Gasteiger partial charge in [-0.05, 0) is 37.5 Å². The molecule has 2 rings (SSSR count). The minimum atomic E-state index is -3.88. The molecule has 1 aromatic carbocycles. The number of benzene rings is 1. The van der Waals surface area contributed by atoms with Crippen LogP contribution in [0.1, 0.15) is 28.8 Å². The highest BCUT2D eigenvalue weighted by Crippen LogP contribution is 2.45. The standard InChI is InChI=1S/C13H16N2O5S/c1-8-2-3-9(6-10(8)11(14)16)21(19,20)15-7-13(4-5-13)12(17)18/h2-3,6,15H,4-5,7H2,1H3,(H2,14,16)(H,17,18). The van der Waals surface area contributed by atoms with Gasteiger partial charge in [0.05, 0.1) is 10.3 Å². The summed E-state index contributed by atoms with van der Waals surface area (Å²) in [6.07, 6.45) is 0.899. The number of carboxylic acids is 1. The summed E-state index contributed by atoms with van der Waals surface area (Å²) in [6, 6.07) is 4.03. The van der Waals surface area contributed by atoms with E-state index in [0.717, 1.165) is 0 Å². The summed E-state index contributed by atoms with van der Waals surface area (Å²) in [5.74, 6) is -1.72. The minimum Gasteiger partial charge on any atom is -0.481 e. The van der Waals surface area contributed by atoms with Crippen molar-refractivity contribution in [3.05, 3.63) is 29.3 Å². The first-order valence-electron chi connectivity index (χ1n) is 6.31. The van der Waals surface area contributed by atoms with Gasteiger partial charge in [0, 0.05) is 12.1 Å². The molecular weight excluding hydrogens is 296 g/mol. The van der Waals surface area contributed by atoms with Crippen molar-refractivity contribution < 1.29 is 23.1 Å². The number of primary amides is 1. The van der Waals surface area contributed by atoms with Crippen molar-refractivity contribution in [2.45, 2.75) is 24.7 Å². The molecule has 1 aliphatic rings. The van der Waals surface area contributed by atoms with Gasteiger partial charge in [0.2, 0.25) is 15.9 Å². The highest BCUT2D eigenvalue weighted by Gasteiger charge is 2.50. The molecular formula is C13H16N2O5S. The molecule has 8 heteroatoms. The Hall–Kier alpha value is -1.93. The molecule has 114 valence electrons. The number of hydrogen-bond donors (Lipinski definition) is 3. The van der Waals surface area contributed by atoms with Crippen LogP contribution in [-0.2, 0) is 14.8 Å². The number of amides is 1. The number of nitrogens with two attached hydrogens (primary N) is 1. The van der Waals surface area contributed by atoms with E-state index in [1.807, 2.05) is 0 Å². The fourth-order valence-electron chi connectivity index (χ4n) is 1.97. The number of nitrogens with one attached hydrogen (secondary N) is 1. The predicted octanol–water partition coefficient (Wildman–Crippen LogP) is 0.237. The molecule has 4 N–H and O–H groups in total. The number of aliphatic carboxylic acids is 1. The average molecular weight is 312 g/mol. The Balaban J connectivity index is 2.22. The van der Waals surface area contributed by atoms with Crippen molar-refractivity contribution in [2.24, 2.45) is 11.1 Å². The lowest BCUT2D eigenvalue weighted by molar-refractivity contribution is -0.143. The molecule has 1 fully saturated rings. The van der Waals surface area contributed by atoms with E-state index in [1.54, 1.807) is 6.92 Å². The summed E-state index contributed by atoms with van der Waals surface area (Å²) < 4.78 is 26.6. The van der Waals surface area contributed by atoms with Crippen LogP contribution in [0, 0.1) is 12.3 Å². The normalized spacial score (nSPS) is 16.4. The van der Waals surface area contributed by atoms with Crippen LogP contribution in [0.4, 0.5) is 0 Å². The highest BCUT2D eigenvalue weighted by atomic mass is 32.2. The van der Waals surface area contributed by atoms with E-state index in [2.05, 4.69) is 4.72 Å². The predicted molar refractivity (Wildman–Crippen MR) is 74.2 cm³/mol. The molecule has 0 unspecified atom stereocenters. The molecule has 0 spiro atoms. The van der Waals surface area contributed by atoms with Gasteiger partial charge < -0.3 is 10.8 Å². The summed E-state index contributed by atoms with van der Waals surface area (Å²) in [5, 5.41) is 9.03. The van der Waals surface area contributed by atoms with Crippen LogP contribution in [-0.4, -0.2) is 31.9 Å². The second kappa shape index (κ2) is 5.12. The summed E-state index contributed by atoms with van der Waals surface area (Å²) in [5.41, 5.74) is 4.89. The van der Waals surface area contributed by atoms with E-state index in [0.29, 0.717) is 18.4 Å². The van der Waals surface area contributed by atoms with Crippen LogP contribution in [0.5, 0.6) is 0 Å². The van der Waals surface area contributed by atoms with Crippen LogP contribution in [0.15, 0.2) is 23.1 Å². The van der Waals surface area contributed by atoms with Gasteiger partial charge in [0.1, 0.15) is 0 Å². The van der Waals surface area contributed by atoms with Crippen LogP contribution in [0.2, 0.25) is 0 Å². The van der Waals surface area contributed by atoms with Crippen molar-refractivity contribution in [3.8, 4) is 0 Å². The Bertz CT molecular complexity index is 707. The molecule has 0 aliphatic heterocycles. The number of carbonyl (C=O) groups excluding carboxylic acids is 1. The van der Waals surface area contributed by atoms with Crippen LogP contribution < -0.4 is 10.5 Å². The molecule has 0 bridgehead atoms. The van der Waals surface area contributed by atoms with Gasteiger partial charge in [-0.15, -0.1) is 0 Å². The molecule has 1 saturated carbocycles. The van der Waals surface area contributed by atoms with Gasteiger partial charge in [-0.3, -0.25) is 9.59 Å². The Kier molecular flexibility index (Phi) is 3.77. The zero-order valence-electron chi connectivity index (χ0n) is 11.4. The first-order chi connectivity index (χ1) is 9.68. The average Bonchev–Trinajstić information content (AvgIpc) is 3.17. The number of aryl methyl sites for hydroxylation is 1. The maximum Gasteiger partial charge on any atom is 0.310 e. The monoisotopic (exact) mass is 312 g/mol. The maximum atomic E-state index is 12.2. The lowest BCUT2D eigenvalue weighted by Gasteiger charge is -2.12. The number of carbonyl (C=O) groups is 2. The smallest absolute Gasteiger partial charge is 0.310 e. The Morgan fingerprint density at radius 2 is 2.00 bits per heavy atom. The van der Waals surface area contributed by atoms with Gasteiger partial charge in [0.15, 0.2) is 0 Å². The third kappa shape index (κ3) is 3.06. The zero-order chi connectivity index (χ0) is 15.8. The molecule has 0 radical (unpaired) electrons. The largest absolute Gasteiger partial charge is 0.481 e. The van der Waals surface area contributed by atoms with Crippen molar-refractivity contribution in [1.29, 1.82) is 0 Å². The Morgan fingerprint density at radius 1 is 1.38 bits per heavy atom. The molecule has 1 aromatic rings. The summed E-state index contributed by atoms with van der Waals surface area (Å²) in [6.45, 7) is 1.48. The second-order valence-electron chi connectivity index (χ2n) is 5.25. The summed E-state index contributed by atoms with van der Waals surface area (Å²) in [4.78, 5) is 22.2. The third-order valence-electron chi connectivity index (χ3n) is 3.69. The number of carboxylic acid groups (broad SMARTS) is 1. The zero-order valence-corrected chi connectivity index (χ0v) is 12.2. The highest BCUT2D eigenvalue weighted by molar-refractivity contribution is 7.89. The van der Waals surface area contributed by atoms with Crippen molar-refractivity contribution in [3.63, 3.8) is 0 Å². The van der Waals surface area contributed by atoms with Gasteiger partial charge in [-0.1, -0.05) is 6.07 Å². The van der Waals surface area contributed by atoms with Crippen molar-refractivity contribution >= 4 is 21.9 Å². The quantitative estimate of drug-likeness (QED) is 0.693. The Morgan fingerprint density at radius 3 is 2.48 bits per heavy atom. The Labute approximate surface area is 122 Å². The topological polar surface area (TPSA) is 127 Å². The van der Waals surface area contributed by atoms with Gasteiger partial charge in [-0.25, -0.2) is 13.1 Å². The van der Waals surface area contributed by atoms with Crippen molar-refractivity contribution in [2.75, 3.05) is 6.54 Å². The van der Waals surface area contributed by atoms with Gasteiger partial charge >= 0.3 is 5.97 Å². The van der Waals surface area contributed by atoms with Gasteiger partial charge in [-0.2, -0.15) is 0 Å². The molecule has 0 saturated heterocycles.